The maximum Gasteiger partial charge on any atom is 0.324 e. The van der Waals surface area contributed by atoms with E-state index in [0.29, 0.717) is 5.75 Å². The van der Waals surface area contributed by atoms with E-state index < -0.39 is 12.0 Å². The first-order valence-corrected chi connectivity index (χ1v) is 5.11. The summed E-state index contributed by atoms with van der Waals surface area (Å²) in [6.45, 7) is 5.89. The highest BCUT2D eigenvalue weighted by atomic mass is 16.5. The lowest BCUT2D eigenvalue weighted by molar-refractivity contribution is -0.139. The highest BCUT2D eigenvalue weighted by molar-refractivity contribution is 5.73. The third-order valence-electron chi connectivity index (χ3n) is 2.50. The van der Waals surface area contributed by atoms with E-state index in [9.17, 15) is 4.79 Å². The molecule has 0 bridgehead atoms. The lowest BCUT2D eigenvalue weighted by Crippen LogP contribution is -2.36. The van der Waals surface area contributed by atoms with Crippen molar-refractivity contribution >= 4 is 5.97 Å². The lowest BCUT2D eigenvalue weighted by atomic mass is 10.1. The van der Waals surface area contributed by atoms with Crippen molar-refractivity contribution in [3.63, 3.8) is 0 Å². The van der Waals surface area contributed by atoms with Crippen LogP contribution < -0.4 is 10.5 Å². The molecule has 1 unspecified atom stereocenters. The number of hydrogen-bond acceptors (Lipinski definition) is 3. The van der Waals surface area contributed by atoms with Gasteiger partial charge in [0.1, 0.15) is 18.4 Å². The fraction of sp³-hybridized carbons (Fsp3) is 0.417. The molecule has 0 heterocycles. The normalized spacial score (nSPS) is 12.2. The molecular formula is C12H17NO3. The zero-order valence-corrected chi connectivity index (χ0v) is 9.78. The molecule has 16 heavy (non-hydrogen) atoms. The fourth-order valence-corrected chi connectivity index (χ4v) is 1.40. The van der Waals surface area contributed by atoms with Crippen LogP contribution in [0.3, 0.4) is 0 Å². The van der Waals surface area contributed by atoms with E-state index in [-0.39, 0.29) is 6.61 Å². The van der Waals surface area contributed by atoms with Crippen molar-refractivity contribution in [2.24, 2.45) is 5.73 Å². The Morgan fingerprint density at radius 3 is 2.62 bits per heavy atom. The van der Waals surface area contributed by atoms with Gasteiger partial charge in [-0.25, -0.2) is 0 Å². The third-order valence-corrected chi connectivity index (χ3v) is 2.50. The van der Waals surface area contributed by atoms with Crippen molar-refractivity contribution in [3.05, 3.63) is 28.8 Å². The zero-order chi connectivity index (χ0) is 12.3. The van der Waals surface area contributed by atoms with Crippen LogP contribution >= 0.6 is 0 Å². The minimum atomic E-state index is -1.05. The van der Waals surface area contributed by atoms with Gasteiger partial charge in [0.2, 0.25) is 0 Å². The van der Waals surface area contributed by atoms with E-state index in [1.54, 1.807) is 0 Å². The minimum Gasteiger partial charge on any atom is -0.491 e. The first-order valence-electron chi connectivity index (χ1n) is 5.11. The second-order valence-electron chi connectivity index (χ2n) is 3.96. The molecule has 0 aliphatic heterocycles. The molecule has 4 heteroatoms. The molecule has 0 aromatic heterocycles. The number of hydrogen-bond donors (Lipinski definition) is 2. The molecule has 1 aromatic carbocycles. The van der Waals surface area contributed by atoms with Gasteiger partial charge in [0.05, 0.1) is 0 Å². The van der Waals surface area contributed by atoms with Gasteiger partial charge in [0.25, 0.3) is 0 Å². The average molecular weight is 223 g/mol. The Balaban J connectivity index is 2.78. The summed E-state index contributed by atoms with van der Waals surface area (Å²) in [5.41, 5.74) is 8.59. The van der Waals surface area contributed by atoms with Crippen molar-refractivity contribution in [2.45, 2.75) is 26.8 Å². The summed E-state index contributed by atoms with van der Waals surface area (Å²) in [6.07, 6.45) is 0. The zero-order valence-electron chi connectivity index (χ0n) is 9.78. The number of carboxylic acids is 1. The smallest absolute Gasteiger partial charge is 0.324 e. The minimum absolute atomic E-state index is 0.0148. The molecule has 1 rings (SSSR count). The number of rotatable bonds is 4. The van der Waals surface area contributed by atoms with Crippen LogP contribution in [0.25, 0.3) is 0 Å². The Hall–Kier alpha value is -1.55. The predicted octanol–water partition coefficient (Wildman–Crippen LogP) is 1.40. The molecular weight excluding hydrogens is 206 g/mol. The summed E-state index contributed by atoms with van der Waals surface area (Å²) in [5.74, 6) is -0.351. The van der Waals surface area contributed by atoms with Crippen LogP contribution in [0.5, 0.6) is 5.75 Å². The highest BCUT2D eigenvalue weighted by Gasteiger charge is 2.13. The van der Waals surface area contributed by atoms with Crippen LogP contribution in [0.4, 0.5) is 0 Å². The average Bonchev–Trinajstić information content (AvgIpc) is 2.20. The molecule has 88 valence electrons. The van der Waals surface area contributed by atoms with Crippen LogP contribution in [0.1, 0.15) is 16.7 Å². The van der Waals surface area contributed by atoms with Crippen LogP contribution in [-0.2, 0) is 4.79 Å². The molecule has 0 radical (unpaired) electrons. The standard InChI is InChI=1S/C12H17NO3/c1-7-4-8(2)9(3)11(5-7)16-6-10(13)12(14)15/h4-5,10H,6,13H2,1-3H3,(H,14,15). The topological polar surface area (TPSA) is 72.5 Å². The molecule has 0 amide bonds. The Labute approximate surface area is 95.0 Å². The van der Waals surface area contributed by atoms with Gasteiger partial charge in [0, 0.05) is 0 Å². The maximum absolute atomic E-state index is 10.5. The van der Waals surface area contributed by atoms with Crippen LogP contribution in [0.15, 0.2) is 12.1 Å². The molecule has 4 nitrogen and oxygen atoms in total. The van der Waals surface area contributed by atoms with E-state index in [1.807, 2.05) is 26.8 Å². The Morgan fingerprint density at radius 2 is 2.06 bits per heavy atom. The molecule has 0 aliphatic rings. The first kappa shape index (κ1) is 12.5. The van der Waals surface area contributed by atoms with E-state index in [4.69, 9.17) is 15.6 Å². The summed E-state index contributed by atoms with van der Waals surface area (Å²) in [4.78, 5) is 10.5. The number of aryl methyl sites for hydroxylation is 2. The SMILES string of the molecule is Cc1cc(C)c(C)c(OCC(N)C(=O)O)c1. The van der Waals surface area contributed by atoms with Crippen molar-refractivity contribution in [1.29, 1.82) is 0 Å². The second kappa shape index (κ2) is 4.99. The van der Waals surface area contributed by atoms with Gasteiger partial charge in [-0.05, 0) is 43.5 Å². The summed E-state index contributed by atoms with van der Waals surface area (Å²) < 4.78 is 5.42. The molecule has 0 spiro atoms. The van der Waals surface area contributed by atoms with Crippen LogP contribution in [-0.4, -0.2) is 23.7 Å². The van der Waals surface area contributed by atoms with Crippen molar-refractivity contribution in [1.82, 2.24) is 0 Å². The maximum atomic E-state index is 10.5. The Morgan fingerprint density at radius 1 is 1.44 bits per heavy atom. The van der Waals surface area contributed by atoms with Crippen molar-refractivity contribution in [3.8, 4) is 5.75 Å². The Kier molecular flexibility index (Phi) is 3.90. The van der Waals surface area contributed by atoms with Crippen molar-refractivity contribution < 1.29 is 14.6 Å². The fourth-order valence-electron chi connectivity index (χ4n) is 1.40. The van der Waals surface area contributed by atoms with E-state index >= 15 is 0 Å². The number of benzene rings is 1. The van der Waals surface area contributed by atoms with E-state index in [1.165, 1.54) is 0 Å². The molecule has 0 fully saturated rings. The highest BCUT2D eigenvalue weighted by Crippen LogP contribution is 2.23. The Bertz CT molecular complexity index is 401. The van der Waals surface area contributed by atoms with Gasteiger partial charge in [-0.15, -0.1) is 0 Å². The summed E-state index contributed by atoms with van der Waals surface area (Å²) >= 11 is 0. The quantitative estimate of drug-likeness (QED) is 0.809. The van der Waals surface area contributed by atoms with Crippen LogP contribution in [0, 0.1) is 20.8 Å². The lowest BCUT2D eigenvalue weighted by Gasteiger charge is -2.13. The summed E-state index contributed by atoms with van der Waals surface area (Å²) in [6, 6.07) is 2.95. The number of nitrogens with two attached hydrogens (primary N) is 1. The molecule has 3 N–H and O–H groups in total. The number of ether oxygens (including phenoxy) is 1. The van der Waals surface area contributed by atoms with Crippen molar-refractivity contribution in [2.75, 3.05) is 6.61 Å². The van der Waals surface area contributed by atoms with Crippen LogP contribution in [0.2, 0.25) is 0 Å². The largest absolute Gasteiger partial charge is 0.491 e. The predicted molar refractivity (Wildman–Crippen MR) is 61.8 cm³/mol. The molecule has 1 aromatic rings. The summed E-state index contributed by atoms with van der Waals surface area (Å²) in [5, 5.41) is 8.63. The molecule has 0 aliphatic carbocycles. The molecule has 0 saturated heterocycles. The van der Waals surface area contributed by atoms with Gasteiger partial charge in [-0.3, -0.25) is 4.79 Å². The number of aliphatic carboxylic acids is 1. The van der Waals surface area contributed by atoms with Gasteiger partial charge in [-0.2, -0.15) is 0 Å². The van der Waals surface area contributed by atoms with Gasteiger partial charge >= 0.3 is 5.97 Å². The van der Waals surface area contributed by atoms with E-state index in [0.717, 1.165) is 16.7 Å². The summed E-state index contributed by atoms with van der Waals surface area (Å²) in [7, 11) is 0. The van der Waals surface area contributed by atoms with Gasteiger partial charge in [0.15, 0.2) is 0 Å². The second-order valence-corrected chi connectivity index (χ2v) is 3.96. The van der Waals surface area contributed by atoms with E-state index in [2.05, 4.69) is 6.07 Å². The monoisotopic (exact) mass is 223 g/mol. The molecule has 0 saturated carbocycles. The van der Waals surface area contributed by atoms with Gasteiger partial charge in [-0.1, -0.05) is 6.07 Å². The van der Waals surface area contributed by atoms with Gasteiger partial charge < -0.3 is 15.6 Å². The molecule has 1 atom stereocenters. The first-order chi connectivity index (χ1) is 7.41. The number of carbonyl (C=O) groups is 1. The third kappa shape index (κ3) is 2.97. The number of carboxylic acid groups (broad SMARTS) is 1.